The fourth-order valence-electron chi connectivity index (χ4n) is 2.39. The Labute approximate surface area is 160 Å². The van der Waals surface area contributed by atoms with Gasteiger partial charge in [0.05, 0.1) is 21.0 Å². The normalized spacial score (nSPS) is 15.0. The molecule has 1 fully saturated rings. The number of anilines is 1. The summed E-state index contributed by atoms with van der Waals surface area (Å²) in [5.41, 5.74) is 0.425. The minimum absolute atomic E-state index is 0.193. The molecule has 3 rings (SSSR count). The monoisotopic (exact) mass is 396 g/mol. The van der Waals surface area contributed by atoms with E-state index in [2.05, 4.69) is 22.1 Å². The smallest absolute Gasteiger partial charge is 0.237 e. The zero-order valence-corrected chi connectivity index (χ0v) is 16.0. The number of nitrogens with zero attached hydrogens (tertiary/aromatic N) is 3. The number of carbonyl (C=O) groups is 1. The van der Waals surface area contributed by atoms with Crippen molar-refractivity contribution >= 4 is 46.6 Å². The highest BCUT2D eigenvalue weighted by molar-refractivity contribution is 8.00. The molecule has 1 aliphatic rings. The van der Waals surface area contributed by atoms with Crippen molar-refractivity contribution < 1.29 is 4.79 Å². The van der Waals surface area contributed by atoms with E-state index < -0.39 is 0 Å². The molecule has 1 aromatic heterocycles. The van der Waals surface area contributed by atoms with Gasteiger partial charge in [-0.15, -0.1) is 16.8 Å². The third-order valence-electron chi connectivity index (χ3n) is 3.86. The molecule has 5 nitrogen and oxygen atoms in total. The van der Waals surface area contributed by atoms with Gasteiger partial charge in [-0.05, 0) is 31.9 Å². The Hall–Kier alpha value is -1.50. The molecule has 1 heterocycles. The molecule has 0 spiro atoms. The number of para-hydroxylation sites is 1. The predicted molar refractivity (Wildman–Crippen MR) is 103 cm³/mol. The average Bonchev–Trinajstić information content (AvgIpc) is 3.35. The van der Waals surface area contributed by atoms with Gasteiger partial charge in [0, 0.05) is 12.5 Å². The first-order valence-corrected chi connectivity index (χ1v) is 9.60. The van der Waals surface area contributed by atoms with Crippen LogP contribution in [0.1, 0.15) is 31.5 Å². The van der Waals surface area contributed by atoms with Gasteiger partial charge in [-0.1, -0.05) is 47.1 Å². The fraction of sp³-hybridized carbons (Fsp3) is 0.353. The van der Waals surface area contributed by atoms with E-state index in [1.165, 1.54) is 11.8 Å². The zero-order valence-electron chi connectivity index (χ0n) is 13.7. The molecular weight excluding hydrogens is 379 g/mol. The second-order valence-electron chi connectivity index (χ2n) is 5.86. The van der Waals surface area contributed by atoms with Gasteiger partial charge >= 0.3 is 0 Å². The molecule has 1 N–H and O–H groups in total. The molecule has 0 bridgehead atoms. The van der Waals surface area contributed by atoms with E-state index in [4.69, 9.17) is 23.2 Å². The number of hydrogen-bond acceptors (Lipinski definition) is 4. The van der Waals surface area contributed by atoms with Crippen LogP contribution in [0.25, 0.3) is 0 Å². The average molecular weight is 397 g/mol. The standard InChI is InChI=1S/C17H18Cl2N4OS/c1-3-9-23-15(11-7-8-11)21-22-17(23)25-10(2)16(24)20-14-12(18)5-4-6-13(14)19/h3-6,10-11H,1,7-9H2,2H3,(H,20,24). The van der Waals surface area contributed by atoms with Crippen LogP contribution in [0.4, 0.5) is 5.69 Å². The number of carbonyl (C=O) groups excluding carboxylic acids is 1. The molecule has 132 valence electrons. The molecule has 1 unspecified atom stereocenters. The summed E-state index contributed by atoms with van der Waals surface area (Å²) in [6, 6.07) is 5.10. The molecule has 0 saturated heterocycles. The minimum Gasteiger partial charge on any atom is -0.323 e. The first kappa shape index (κ1) is 18.3. The molecule has 8 heteroatoms. The van der Waals surface area contributed by atoms with Crippen LogP contribution in [0.2, 0.25) is 10.0 Å². The lowest BCUT2D eigenvalue weighted by atomic mass is 10.3. The Balaban J connectivity index is 1.72. The largest absolute Gasteiger partial charge is 0.323 e. The Morgan fingerprint density at radius 3 is 2.72 bits per heavy atom. The summed E-state index contributed by atoms with van der Waals surface area (Å²) in [6.45, 7) is 6.24. The summed E-state index contributed by atoms with van der Waals surface area (Å²) >= 11 is 13.6. The maximum Gasteiger partial charge on any atom is 0.237 e. The quantitative estimate of drug-likeness (QED) is 0.540. The van der Waals surface area contributed by atoms with Crippen LogP contribution in [0.5, 0.6) is 0 Å². The number of aromatic nitrogens is 3. The van der Waals surface area contributed by atoms with E-state index in [1.54, 1.807) is 18.2 Å². The van der Waals surface area contributed by atoms with Crippen LogP contribution < -0.4 is 5.32 Å². The summed E-state index contributed by atoms with van der Waals surface area (Å²) in [6.07, 6.45) is 4.09. The van der Waals surface area contributed by atoms with Crippen LogP contribution in [0, 0.1) is 0 Å². The van der Waals surface area contributed by atoms with Crippen LogP contribution in [-0.4, -0.2) is 25.9 Å². The fourth-order valence-corrected chi connectivity index (χ4v) is 3.74. The first-order valence-electron chi connectivity index (χ1n) is 7.96. The van der Waals surface area contributed by atoms with Crippen LogP contribution in [-0.2, 0) is 11.3 Å². The van der Waals surface area contributed by atoms with E-state index >= 15 is 0 Å². The molecule has 25 heavy (non-hydrogen) atoms. The maximum absolute atomic E-state index is 12.5. The van der Waals surface area contributed by atoms with Gasteiger partial charge in [0.15, 0.2) is 5.16 Å². The van der Waals surface area contributed by atoms with Gasteiger partial charge in [0.25, 0.3) is 0 Å². The number of hydrogen-bond donors (Lipinski definition) is 1. The van der Waals surface area contributed by atoms with E-state index in [0.29, 0.717) is 28.2 Å². The van der Waals surface area contributed by atoms with Crippen molar-refractivity contribution in [2.45, 2.75) is 42.6 Å². The topological polar surface area (TPSA) is 59.8 Å². The van der Waals surface area contributed by atoms with E-state index in [0.717, 1.165) is 23.8 Å². The van der Waals surface area contributed by atoms with Gasteiger partial charge in [0.1, 0.15) is 5.82 Å². The molecule has 1 aliphatic carbocycles. The maximum atomic E-state index is 12.5. The van der Waals surface area contributed by atoms with Gasteiger partial charge < -0.3 is 9.88 Å². The number of benzene rings is 1. The van der Waals surface area contributed by atoms with Gasteiger partial charge in [-0.25, -0.2) is 0 Å². The van der Waals surface area contributed by atoms with Crippen LogP contribution in [0.3, 0.4) is 0 Å². The molecular formula is C17H18Cl2N4OS. The van der Waals surface area contributed by atoms with Crippen molar-refractivity contribution in [2.24, 2.45) is 0 Å². The molecule has 1 aromatic carbocycles. The van der Waals surface area contributed by atoms with E-state index in [-0.39, 0.29) is 11.2 Å². The molecule has 0 radical (unpaired) electrons. The van der Waals surface area contributed by atoms with Crippen molar-refractivity contribution in [3.63, 3.8) is 0 Å². The Morgan fingerprint density at radius 2 is 2.12 bits per heavy atom. The summed E-state index contributed by atoms with van der Waals surface area (Å²) < 4.78 is 2.03. The highest BCUT2D eigenvalue weighted by atomic mass is 35.5. The van der Waals surface area contributed by atoms with E-state index in [1.807, 2.05) is 17.6 Å². The number of amides is 1. The van der Waals surface area contributed by atoms with Crippen molar-refractivity contribution in [3.8, 4) is 0 Å². The number of allylic oxidation sites excluding steroid dienone is 1. The van der Waals surface area contributed by atoms with Crippen molar-refractivity contribution in [3.05, 3.63) is 46.7 Å². The number of halogens is 2. The highest BCUT2D eigenvalue weighted by Gasteiger charge is 2.31. The zero-order chi connectivity index (χ0) is 18.0. The van der Waals surface area contributed by atoms with Crippen molar-refractivity contribution in [1.82, 2.24) is 14.8 Å². The Bertz CT molecular complexity index is 784. The molecule has 0 aliphatic heterocycles. The Morgan fingerprint density at radius 1 is 1.44 bits per heavy atom. The van der Waals surface area contributed by atoms with Gasteiger partial charge in [-0.3, -0.25) is 4.79 Å². The molecule has 1 atom stereocenters. The van der Waals surface area contributed by atoms with Crippen LogP contribution in [0.15, 0.2) is 36.0 Å². The second-order valence-corrected chi connectivity index (χ2v) is 7.98. The van der Waals surface area contributed by atoms with Gasteiger partial charge in [-0.2, -0.15) is 0 Å². The lowest BCUT2D eigenvalue weighted by Crippen LogP contribution is -2.23. The number of rotatable bonds is 7. The second kappa shape index (κ2) is 7.81. The summed E-state index contributed by atoms with van der Waals surface area (Å²) in [5.74, 6) is 1.26. The molecule has 1 saturated carbocycles. The van der Waals surface area contributed by atoms with Crippen LogP contribution >= 0.6 is 35.0 Å². The predicted octanol–water partition coefficient (Wildman–Crippen LogP) is 4.77. The number of nitrogens with one attached hydrogen (secondary N) is 1. The third-order valence-corrected chi connectivity index (χ3v) is 5.57. The lowest BCUT2D eigenvalue weighted by Gasteiger charge is -2.14. The van der Waals surface area contributed by atoms with Gasteiger partial charge in [0.2, 0.25) is 5.91 Å². The lowest BCUT2D eigenvalue weighted by molar-refractivity contribution is -0.115. The first-order chi connectivity index (χ1) is 12.0. The molecule has 2 aromatic rings. The summed E-state index contributed by atoms with van der Waals surface area (Å²) in [5, 5.41) is 12.5. The Kier molecular flexibility index (Phi) is 5.71. The van der Waals surface area contributed by atoms with Crippen molar-refractivity contribution in [1.29, 1.82) is 0 Å². The highest BCUT2D eigenvalue weighted by Crippen LogP contribution is 2.40. The SMILES string of the molecule is C=CCn1c(SC(C)C(=O)Nc2c(Cl)cccc2Cl)nnc1C1CC1. The van der Waals surface area contributed by atoms with Crippen molar-refractivity contribution in [2.75, 3.05) is 5.32 Å². The summed E-state index contributed by atoms with van der Waals surface area (Å²) in [7, 11) is 0. The number of thioether (sulfide) groups is 1. The van der Waals surface area contributed by atoms with E-state index in [9.17, 15) is 4.79 Å². The molecule has 1 amide bonds. The minimum atomic E-state index is -0.382. The summed E-state index contributed by atoms with van der Waals surface area (Å²) in [4.78, 5) is 12.5. The third kappa shape index (κ3) is 4.19.